The third-order valence-electron chi connectivity index (χ3n) is 3.92. The number of rotatable bonds is 7. The summed E-state index contributed by atoms with van der Waals surface area (Å²) in [5, 5.41) is 3.42. The van der Waals surface area contributed by atoms with Crippen molar-refractivity contribution in [2.45, 2.75) is 65.6 Å². The normalized spacial score (nSPS) is 18.3. The Labute approximate surface area is 135 Å². The molecule has 0 aromatic rings. The fourth-order valence-electron chi connectivity index (χ4n) is 2.32. The van der Waals surface area contributed by atoms with Gasteiger partial charge in [0.1, 0.15) is 5.60 Å². The highest BCUT2D eigenvalue weighted by Crippen LogP contribution is 2.17. The van der Waals surface area contributed by atoms with Gasteiger partial charge in [0.2, 0.25) is 0 Å². The minimum Gasteiger partial charge on any atom is -0.444 e. The predicted molar refractivity (Wildman–Crippen MR) is 89.1 cm³/mol. The van der Waals surface area contributed by atoms with Gasteiger partial charge in [0.05, 0.1) is 12.7 Å². The molecule has 0 radical (unpaired) electrons. The van der Waals surface area contributed by atoms with E-state index in [1.807, 2.05) is 20.8 Å². The quantitative estimate of drug-likeness (QED) is 0.734. The van der Waals surface area contributed by atoms with E-state index >= 15 is 0 Å². The van der Waals surface area contributed by atoms with Crippen LogP contribution in [0.15, 0.2) is 0 Å². The van der Waals surface area contributed by atoms with Gasteiger partial charge in [-0.3, -0.25) is 0 Å². The average Bonchev–Trinajstić information content (AvgIpc) is 2.45. The summed E-state index contributed by atoms with van der Waals surface area (Å²) in [6.45, 7) is 14.3. The van der Waals surface area contributed by atoms with Gasteiger partial charge in [0.25, 0.3) is 0 Å². The van der Waals surface area contributed by atoms with Gasteiger partial charge in [0, 0.05) is 19.6 Å². The van der Waals surface area contributed by atoms with Crippen LogP contribution < -0.4 is 5.32 Å². The van der Waals surface area contributed by atoms with E-state index in [2.05, 4.69) is 19.2 Å². The Kier molecular flexibility index (Phi) is 8.18. The summed E-state index contributed by atoms with van der Waals surface area (Å²) in [5.74, 6) is 0.720. The molecule has 0 aromatic heterocycles. The zero-order valence-corrected chi connectivity index (χ0v) is 15.0. The van der Waals surface area contributed by atoms with Crippen LogP contribution in [0.1, 0.15) is 53.9 Å². The maximum absolute atomic E-state index is 12.0. The molecular weight excluding hydrogens is 280 g/mol. The van der Waals surface area contributed by atoms with Gasteiger partial charge < -0.3 is 19.7 Å². The number of carbonyl (C=O) groups is 1. The number of hydrogen-bond acceptors (Lipinski definition) is 4. The predicted octanol–water partition coefficient (Wildman–Crippen LogP) is 3.04. The smallest absolute Gasteiger partial charge is 0.410 e. The molecule has 22 heavy (non-hydrogen) atoms. The summed E-state index contributed by atoms with van der Waals surface area (Å²) < 4.78 is 11.3. The van der Waals surface area contributed by atoms with Crippen LogP contribution >= 0.6 is 0 Å². The highest BCUT2D eigenvalue weighted by Gasteiger charge is 2.26. The minimum atomic E-state index is -0.425. The summed E-state index contributed by atoms with van der Waals surface area (Å²) in [7, 11) is 0. The lowest BCUT2D eigenvalue weighted by Gasteiger charge is -2.33. The lowest BCUT2D eigenvalue weighted by Crippen LogP contribution is -2.43. The molecule has 1 N–H and O–H groups in total. The largest absolute Gasteiger partial charge is 0.444 e. The number of nitrogens with one attached hydrogen (secondary N) is 1. The molecule has 1 aliphatic rings. The van der Waals surface area contributed by atoms with E-state index in [1.54, 1.807) is 4.90 Å². The van der Waals surface area contributed by atoms with Crippen molar-refractivity contribution in [2.75, 3.05) is 32.8 Å². The molecule has 1 aliphatic heterocycles. The van der Waals surface area contributed by atoms with Gasteiger partial charge in [-0.15, -0.1) is 0 Å². The molecular formula is C17H34N2O3. The molecule has 0 aliphatic carbocycles. The first-order valence-electron chi connectivity index (χ1n) is 8.62. The summed E-state index contributed by atoms with van der Waals surface area (Å²) in [5.41, 5.74) is -0.425. The number of carbonyl (C=O) groups excluding carboxylic acids is 1. The number of nitrogens with zero attached hydrogens (tertiary/aromatic N) is 1. The average molecular weight is 314 g/mol. The van der Waals surface area contributed by atoms with Crippen molar-refractivity contribution in [3.05, 3.63) is 0 Å². The first kappa shape index (κ1) is 19.2. The summed E-state index contributed by atoms with van der Waals surface area (Å²) in [6.07, 6.45) is 3.05. The number of amides is 1. The lowest BCUT2D eigenvalue weighted by molar-refractivity contribution is -0.0105. The van der Waals surface area contributed by atoms with Crippen molar-refractivity contribution < 1.29 is 14.3 Å². The van der Waals surface area contributed by atoms with E-state index in [0.717, 1.165) is 51.5 Å². The Morgan fingerprint density at radius 1 is 1.32 bits per heavy atom. The van der Waals surface area contributed by atoms with Gasteiger partial charge in [0.15, 0.2) is 0 Å². The Balaban J connectivity index is 2.11. The van der Waals surface area contributed by atoms with Crippen LogP contribution in [0.2, 0.25) is 0 Å². The molecule has 1 heterocycles. The second kappa shape index (κ2) is 9.36. The van der Waals surface area contributed by atoms with Gasteiger partial charge >= 0.3 is 6.09 Å². The maximum atomic E-state index is 12.0. The number of likely N-dealkylation sites (tertiary alicyclic amines) is 1. The van der Waals surface area contributed by atoms with Gasteiger partial charge in [-0.05, 0) is 46.1 Å². The van der Waals surface area contributed by atoms with Crippen LogP contribution in [0.25, 0.3) is 0 Å². The molecule has 0 spiro atoms. The third kappa shape index (κ3) is 7.99. The standard InChI is InChI=1S/C17H34N2O3/c1-6-14(2)13-18-9-12-21-15-7-10-19(11-8-15)16(20)22-17(3,4)5/h14-15,18H,6-13H2,1-5H3. The van der Waals surface area contributed by atoms with Crippen molar-refractivity contribution in [2.24, 2.45) is 5.92 Å². The molecule has 5 nitrogen and oxygen atoms in total. The Morgan fingerprint density at radius 2 is 1.95 bits per heavy atom. The zero-order valence-electron chi connectivity index (χ0n) is 15.0. The van der Waals surface area contributed by atoms with E-state index < -0.39 is 5.60 Å². The summed E-state index contributed by atoms with van der Waals surface area (Å²) >= 11 is 0. The molecule has 0 bridgehead atoms. The minimum absolute atomic E-state index is 0.207. The third-order valence-corrected chi connectivity index (χ3v) is 3.92. The Bertz CT molecular complexity index is 320. The molecule has 1 amide bonds. The van der Waals surface area contributed by atoms with E-state index in [-0.39, 0.29) is 12.2 Å². The fraction of sp³-hybridized carbons (Fsp3) is 0.941. The fourth-order valence-corrected chi connectivity index (χ4v) is 2.32. The van der Waals surface area contributed by atoms with E-state index in [9.17, 15) is 4.79 Å². The molecule has 1 atom stereocenters. The lowest BCUT2D eigenvalue weighted by atomic mass is 10.1. The Hall–Kier alpha value is -0.810. The van der Waals surface area contributed by atoms with Crippen molar-refractivity contribution in [3.8, 4) is 0 Å². The monoisotopic (exact) mass is 314 g/mol. The van der Waals surface area contributed by atoms with E-state index in [4.69, 9.17) is 9.47 Å². The number of ether oxygens (including phenoxy) is 2. The molecule has 1 rings (SSSR count). The van der Waals surface area contributed by atoms with Crippen molar-refractivity contribution >= 4 is 6.09 Å². The van der Waals surface area contributed by atoms with Gasteiger partial charge in [-0.1, -0.05) is 20.3 Å². The molecule has 1 saturated heterocycles. The summed E-state index contributed by atoms with van der Waals surface area (Å²) in [4.78, 5) is 13.7. The highest BCUT2D eigenvalue weighted by molar-refractivity contribution is 5.68. The molecule has 0 saturated carbocycles. The van der Waals surface area contributed by atoms with Gasteiger partial charge in [-0.25, -0.2) is 4.79 Å². The van der Waals surface area contributed by atoms with E-state index in [1.165, 1.54) is 6.42 Å². The van der Waals surface area contributed by atoms with Crippen molar-refractivity contribution in [3.63, 3.8) is 0 Å². The molecule has 5 heteroatoms. The van der Waals surface area contributed by atoms with Crippen LogP contribution in [0.3, 0.4) is 0 Å². The molecule has 1 unspecified atom stereocenters. The SMILES string of the molecule is CCC(C)CNCCOC1CCN(C(=O)OC(C)(C)C)CC1. The molecule has 1 fully saturated rings. The highest BCUT2D eigenvalue weighted by atomic mass is 16.6. The topological polar surface area (TPSA) is 50.8 Å². The van der Waals surface area contributed by atoms with E-state index in [0.29, 0.717) is 0 Å². The first-order valence-corrected chi connectivity index (χ1v) is 8.62. The van der Waals surface area contributed by atoms with Crippen LogP contribution in [-0.4, -0.2) is 55.5 Å². The van der Waals surface area contributed by atoms with Crippen LogP contribution in [0, 0.1) is 5.92 Å². The molecule has 0 aromatic carbocycles. The van der Waals surface area contributed by atoms with Crippen LogP contribution in [-0.2, 0) is 9.47 Å². The maximum Gasteiger partial charge on any atom is 0.410 e. The summed E-state index contributed by atoms with van der Waals surface area (Å²) in [6, 6.07) is 0. The Morgan fingerprint density at radius 3 is 2.50 bits per heavy atom. The van der Waals surface area contributed by atoms with Crippen LogP contribution in [0.4, 0.5) is 4.79 Å². The zero-order chi connectivity index (χ0) is 16.6. The number of hydrogen-bond donors (Lipinski definition) is 1. The van der Waals surface area contributed by atoms with Crippen molar-refractivity contribution in [1.29, 1.82) is 0 Å². The number of piperidine rings is 1. The first-order chi connectivity index (χ1) is 10.3. The second-order valence-electron chi connectivity index (χ2n) is 7.26. The van der Waals surface area contributed by atoms with Crippen molar-refractivity contribution in [1.82, 2.24) is 10.2 Å². The molecule has 130 valence electrons. The van der Waals surface area contributed by atoms with Crippen LogP contribution in [0.5, 0.6) is 0 Å². The second-order valence-corrected chi connectivity index (χ2v) is 7.26. The van der Waals surface area contributed by atoms with Gasteiger partial charge in [-0.2, -0.15) is 0 Å².